The van der Waals surface area contributed by atoms with Crippen LogP contribution in [0.5, 0.6) is 5.88 Å². The Morgan fingerprint density at radius 1 is 1.42 bits per heavy atom. The molecule has 0 saturated heterocycles. The number of rotatable bonds is 5. The Hall–Kier alpha value is -1.57. The van der Waals surface area contributed by atoms with Crippen molar-refractivity contribution in [2.24, 2.45) is 5.73 Å². The average molecular weight is 311 g/mol. The normalized spacial score (nSPS) is 8.74. The SMILES string of the molecule is CNCC(=O)Nc1cnc(OC)c(C(N)=O)c1.Cl.Cl. The van der Waals surface area contributed by atoms with Crippen molar-refractivity contribution in [3.63, 3.8) is 0 Å². The van der Waals surface area contributed by atoms with Gasteiger partial charge in [0.2, 0.25) is 11.8 Å². The molecular weight excluding hydrogens is 295 g/mol. The number of hydrogen-bond acceptors (Lipinski definition) is 5. The molecule has 4 N–H and O–H groups in total. The Morgan fingerprint density at radius 2 is 2.05 bits per heavy atom. The van der Waals surface area contributed by atoms with Gasteiger partial charge in [0.25, 0.3) is 5.91 Å². The maximum atomic E-state index is 11.3. The molecule has 1 aromatic rings. The Labute approximate surface area is 123 Å². The van der Waals surface area contributed by atoms with Crippen molar-refractivity contribution < 1.29 is 14.3 Å². The number of carbonyl (C=O) groups excluding carboxylic acids is 2. The molecule has 19 heavy (non-hydrogen) atoms. The van der Waals surface area contributed by atoms with Gasteiger partial charge in [0, 0.05) is 0 Å². The minimum atomic E-state index is -0.668. The number of primary amides is 1. The van der Waals surface area contributed by atoms with Crippen LogP contribution in [0.2, 0.25) is 0 Å². The van der Waals surface area contributed by atoms with Crippen LogP contribution in [-0.2, 0) is 4.79 Å². The topological polar surface area (TPSA) is 106 Å². The zero-order valence-electron chi connectivity index (χ0n) is 10.4. The molecule has 0 fully saturated rings. The van der Waals surface area contributed by atoms with E-state index in [0.29, 0.717) is 5.69 Å². The fourth-order valence-electron chi connectivity index (χ4n) is 1.23. The Balaban J connectivity index is 0. The number of nitrogens with two attached hydrogens (primary N) is 1. The summed E-state index contributed by atoms with van der Waals surface area (Å²) >= 11 is 0. The zero-order chi connectivity index (χ0) is 12.8. The maximum absolute atomic E-state index is 11.3. The Kier molecular flexibility index (Phi) is 9.75. The van der Waals surface area contributed by atoms with E-state index in [1.807, 2.05) is 0 Å². The smallest absolute Gasteiger partial charge is 0.254 e. The highest BCUT2D eigenvalue weighted by Gasteiger charge is 2.12. The summed E-state index contributed by atoms with van der Waals surface area (Å²) in [6, 6.07) is 1.42. The average Bonchev–Trinajstić information content (AvgIpc) is 2.29. The lowest BCUT2D eigenvalue weighted by molar-refractivity contribution is -0.115. The first kappa shape index (κ1) is 19.8. The highest BCUT2D eigenvalue weighted by Crippen LogP contribution is 2.18. The molecule has 0 aliphatic rings. The summed E-state index contributed by atoms with van der Waals surface area (Å²) in [5.74, 6) is -0.780. The summed E-state index contributed by atoms with van der Waals surface area (Å²) in [4.78, 5) is 26.3. The molecule has 7 nitrogen and oxygen atoms in total. The van der Waals surface area contributed by atoms with E-state index >= 15 is 0 Å². The third-order valence-corrected chi connectivity index (χ3v) is 1.93. The minimum absolute atomic E-state index is 0. The number of hydrogen-bond donors (Lipinski definition) is 3. The van der Waals surface area contributed by atoms with Crippen molar-refractivity contribution in [3.8, 4) is 5.88 Å². The number of methoxy groups -OCH3 is 1. The lowest BCUT2D eigenvalue weighted by Gasteiger charge is -2.08. The van der Waals surface area contributed by atoms with Gasteiger partial charge in [-0.25, -0.2) is 4.98 Å². The highest BCUT2D eigenvalue weighted by atomic mass is 35.5. The summed E-state index contributed by atoms with van der Waals surface area (Å²) in [7, 11) is 3.04. The van der Waals surface area contributed by atoms with Gasteiger partial charge in [0.15, 0.2) is 0 Å². The van der Waals surface area contributed by atoms with Gasteiger partial charge in [0.05, 0.1) is 25.5 Å². The van der Waals surface area contributed by atoms with E-state index in [1.54, 1.807) is 7.05 Å². The van der Waals surface area contributed by atoms with Gasteiger partial charge in [-0.2, -0.15) is 0 Å². The molecule has 0 radical (unpaired) electrons. The number of nitrogens with one attached hydrogen (secondary N) is 2. The summed E-state index contributed by atoms with van der Waals surface area (Å²) in [6.45, 7) is 0.165. The van der Waals surface area contributed by atoms with Crippen LogP contribution in [0.15, 0.2) is 12.3 Å². The first-order chi connectivity index (χ1) is 8.08. The van der Waals surface area contributed by atoms with Gasteiger partial charge >= 0.3 is 0 Å². The van der Waals surface area contributed by atoms with Crippen LogP contribution >= 0.6 is 24.8 Å². The molecule has 0 unspecified atom stereocenters. The van der Waals surface area contributed by atoms with Crippen molar-refractivity contribution in [2.45, 2.75) is 0 Å². The maximum Gasteiger partial charge on any atom is 0.254 e. The first-order valence-corrected chi connectivity index (χ1v) is 4.86. The van der Waals surface area contributed by atoms with E-state index < -0.39 is 5.91 Å². The predicted molar refractivity (Wildman–Crippen MR) is 76.4 cm³/mol. The lowest BCUT2D eigenvalue weighted by Crippen LogP contribution is -2.25. The number of nitrogens with zero attached hydrogens (tertiary/aromatic N) is 1. The number of pyridine rings is 1. The van der Waals surface area contributed by atoms with Crippen LogP contribution in [0.1, 0.15) is 10.4 Å². The van der Waals surface area contributed by atoms with E-state index in [-0.39, 0.29) is 48.7 Å². The van der Waals surface area contributed by atoms with E-state index in [0.717, 1.165) is 0 Å². The number of aromatic nitrogens is 1. The predicted octanol–water partition coefficient (Wildman–Crippen LogP) is 0.191. The van der Waals surface area contributed by atoms with Crippen LogP contribution in [0.25, 0.3) is 0 Å². The van der Waals surface area contributed by atoms with Crippen LogP contribution in [0.3, 0.4) is 0 Å². The number of anilines is 1. The molecule has 0 aliphatic heterocycles. The van der Waals surface area contributed by atoms with Gasteiger partial charge < -0.3 is 21.1 Å². The van der Waals surface area contributed by atoms with Crippen molar-refractivity contribution in [1.82, 2.24) is 10.3 Å². The molecule has 0 bridgehead atoms. The quantitative estimate of drug-likeness (QED) is 0.720. The molecule has 0 aromatic carbocycles. The Bertz CT molecular complexity index is 443. The van der Waals surface area contributed by atoms with Gasteiger partial charge in [0.1, 0.15) is 5.56 Å². The zero-order valence-corrected chi connectivity index (χ0v) is 12.1. The number of carbonyl (C=O) groups is 2. The fraction of sp³-hybridized carbons (Fsp3) is 0.300. The summed E-state index contributed by atoms with van der Waals surface area (Å²) in [5, 5.41) is 5.26. The second kappa shape index (κ2) is 9.37. The van der Waals surface area contributed by atoms with Gasteiger partial charge in [-0.15, -0.1) is 24.8 Å². The second-order valence-electron chi connectivity index (χ2n) is 3.22. The summed E-state index contributed by atoms with van der Waals surface area (Å²) < 4.78 is 4.88. The molecule has 0 spiro atoms. The third-order valence-electron chi connectivity index (χ3n) is 1.93. The van der Waals surface area contributed by atoms with Crippen molar-refractivity contribution in [2.75, 3.05) is 26.0 Å². The van der Waals surface area contributed by atoms with Crippen molar-refractivity contribution in [3.05, 3.63) is 17.8 Å². The molecule has 1 heterocycles. The first-order valence-electron chi connectivity index (χ1n) is 4.86. The largest absolute Gasteiger partial charge is 0.480 e. The molecule has 0 saturated carbocycles. The Morgan fingerprint density at radius 3 is 2.53 bits per heavy atom. The van der Waals surface area contributed by atoms with Crippen LogP contribution < -0.4 is 21.1 Å². The molecule has 9 heteroatoms. The molecule has 1 aromatic heterocycles. The molecule has 108 valence electrons. The number of halogens is 2. The summed E-state index contributed by atoms with van der Waals surface area (Å²) in [6.07, 6.45) is 1.39. The van der Waals surface area contributed by atoms with Crippen molar-refractivity contribution >= 4 is 42.3 Å². The monoisotopic (exact) mass is 310 g/mol. The number of likely N-dealkylation sites (N-methyl/N-ethyl adjacent to an activating group) is 1. The van der Waals surface area contributed by atoms with Crippen LogP contribution in [0, 0.1) is 0 Å². The lowest BCUT2D eigenvalue weighted by atomic mass is 10.2. The van der Waals surface area contributed by atoms with Crippen LogP contribution in [-0.4, -0.2) is 37.5 Å². The molecule has 0 atom stereocenters. The molecule has 1 rings (SSSR count). The second-order valence-corrected chi connectivity index (χ2v) is 3.22. The number of ether oxygens (including phenoxy) is 1. The van der Waals surface area contributed by atoms with Gasteiger partial charge in [-0.3, -0.25) is 9.59 Å². The van der Waals surface area contributed by atoms with Gasteiger partial charge in [-0.05, 0) is 13.1 Å². The standard InChI is InChI=1S/C10H14N4O3.2ClH/c1-12-5-8(15)14-6-3-7(9(11)16)10(17-2)13-4-6;;/h3-4,12H,5H2,1-2H3,(H2,11,16)(H,14,15);2*1H. The number of amides is 2. The third kappa shape index (κ3) is 5.73. The molecule has 2 amide bonds. The highest BCUT2D eigenvalue weighted by molar-refractivity contribution is 5.98. The van der Waals surface area contributed by atoms with Crippen molar-refractivity contribution in [1.29, 1.82) is 0 Å². The van der Waals surface area contributed by atoms with E-state index in [9.17, 15) is 9.59 Å². The van der Waals surface area contributed by atoms with Crippen LogP contribution in [0.4, 0.5) is 5.69 Å². The minimum Gasteiger partial charge on any atom is -0.480 e. The summed E-state index contributed by atoms with van der Waals surface area (Å²) in [5.41, 5.74) is 5.67. The van der Waals surface area contributed by atoms with E-state index in [2.05, 4.69) is 15.6 Å². The fourth-order valence-corrected chi connectivity index (χ4v) is 1.23. The van der Waals surface area contributed by atoms with Gasteiger partial charge in [-0.1, -0.05) is 0 Å². The van der Waals surface area contributed by atoms with E-state index in [1.165, 1.54) is 19.4 Å². The molecule has 0 aliphatic carbocycles. The molecular formula is C10H16Cl2N4O3. The van der Waals surface area contributed by atoms with E-state index in [4.69, 9.17) is 10.5 Å².